The number of nitrogens with zero attached hydrogens (tertiary/aromatic N) is 4. The Morgan fingerprint density at radius 2 is 2.16 bits per heavy atom. The van der Waals surface area contributed by atoms with E-state index in [0.717, 1.165) is 15.5 Å². The topological polar surface area (TPSA) is 49.7 Å². The van der Waals surface area contributed by atoms with Crippen LogP contribution in [0.15, 0.2) is 33.7 Å². The van der Waals surface area contributed by atoms with Gasteiger partial charge in [0.05, 0.1) is 27.4 Å². The summed E-state index contributed by atoms with van der Waals surface area (Å²) in [6, 6.07) is 0.560. The molecule has 0 radical (unpaired) electrons. The van der Waals surface area contributed by atoms with Crippen LogP contribution in [-0.2, 0) is 0 Å². The molecule has 3 rings (SSSR count). The van der Waals surface area contributed by atoms with Gasteiger partial charge in [-0.25, -0.2) is 0 Å². The summed E-state index contributed by atoms with van der Waals surface area (Å²) in [5.41, 5.74) is 0. The first-order valence-corrected chi connectivity index (χ1v) is 7.76. The van der Waals surface area contributed by atoms with Crippen molar-refractivity contribution in [2.24, 2.45) is 0 Å². The third-order valence-corrected chi connectivity index (χ3v) is 3.85. The van der Waals surface area contributed by atoms with E-state index < -0.39 is 0 Å². The van der Waals surface area contributed by atoms with E-state index in [9.17, 15) is 0 Å². The Balaban J connectivity index is 0.000000186. The monoisotopic (exact) mass is 389 g/mol. The first-order chi connectivity index (χ1) is 9.15. The molecule has 5 nitrogen and oxygen atoms in total. The Morgan fingerprint density at radius 3 is 2.63 bits per heavy atom. The Hall–Kier alpha value is -0.660. The van der Waals surface area contributed by atoms with Gasteiger partial charge in [-0.1, -0.05) is 0 Å². The summed E-state index contributed by atoms with van der Waals surface area (Å²) in [6.07, 6.45) is 9.90. The average molecular weight is 391 g/mol. The Bertz CT molecular complexity index is 482. The van der Waals surface area contributed by atoms with Crippen LogP contribution in [0.2, 0.25) is 0 Å². The molecule has 2 aromatic rings. The maximum atomic E-state index is 4.32. The number of likely N-dealkylation sites (N-methyl/N-ethyl adjacent to an activating group) is 1. The summed E-state index contributed by atoms with van der Waals surface area (Å²) in [5, 5.41) is 10.6. The van der Waals surface area contributed by atoms with Gasteiger partial charge in [-0.05, 0) is 58.3 Å². The van der Waals surface area contributed by atoms with Crippen molar-refractivity contribution >= 4 is 31.9 Å². The van der Waals surface area contributed by atoms with Gasteiger partial charge in [0, 0.05) is 18.9 Å². The van der Waals surface area contributed by atoms with Gasteiger partial charge in [0.25, 0.3) is 0 Å². The van der Waals surface area contributed by atoms with Crippen molar-refractivity contribution in [3.63, 3.8) is 0 Å². The maximum Gasteiger partial charge on any atom is 0.0646 e. The van der Waals surface area contributed by atoms with Crippen molar-refractivity contribution < 1.29 is 0 Å². The highest BCUT2D eigenvalue weighted by atomic mass is 79.9. The Morgan fingerprint density at radius 1 is 1.32 bits per heavy atom. The predicted molar refractivity (Wildman–Crippen MR) is 82.0 cm³/mol. The summed E-state index contributed by atoms with van der Waals surface area (Å²) in [4.78, 5) is 2.36. The molecule has 1 atom stereocenters. The summed E-state index contributed by atoms with van der Waals surface area (Å²) in [5.74, 6) is 0. The molecule has 3 heterocycles. The molecule has 7 heteroatoms. The summed E-state index contributed by atoms with van der Waals surface area (Å²) >= 11 is 6.60. The van der Waals surface area contributed by atoms with Crippen LogP contribution in [0.4, 0.5) is 0 Å². The van der Waals surface area contributed by atoms with E-state index in [-0.39, 0.29) is 0 Å². The molecule has 1 aliphatic heterocycles. The van der Waals surface area contributed by atoms with Crippen LogP contribution in [-0.4, -0.2) is 45.0 Å². The fourth-order valence-corrected chi connectivity index (χ4v) is 2.61. The first-order valence-electron chi connectivity index (χ1n) is 6.17. The van der Waals surface area contributed by atoms with Gasteiger partial charge in [-0.15, -0.1) is 0 Å². The highest BCUT2D eigenvalue weighted by Crippen LogP contribution is 2.21. The fourth-order valence-electron chi connectivity index (χ4n) is 2.10. The van der Waals surface area contributed by atoms with Crippen molar-refractivity contribution in [3.8, 4) is 0 Å². The number of aromatic amines is 1. The van der Waals surface area contributed by atoms with Crippen LogP contribution in [0, 0.1) is 0 Å². The molecule has 104 valence electrons. The summed E-state index contributed by atoms with van der Waals surface area (Å²) < 4.78 is 4.13. The number of aromatic nitrogens is 4. The third-order valence-electron chi connectivity index (χ3n) is 3.01. The highest BCUT2D eigenvalue weighted by Gasteiger charge is 2.18. The van der Waals surface area contributed by atoms with Crippen molar-refractivity contribution in [1.82, 2.24) is 24.9 Å². The summed E-state index contributed by atoms with van der Waals surface area (Å²) in [7, 11) is 2.17. The Labute approximate surface area is 129 Å². The molecule has 0 aromatic carbocycles. The molecule has 1 aliphatic rings. The second kappa shape index (κ2) is 7.21. The highest BCUT2D eigenvalue weighted by molar-refractivity contribution is 9.10. The number of likely N-dealkylation sites (tertiary alicyclic amines) is 1. The molecule has 0 amide bonds. The maximum absolute atomic E-state index is 4.32. The smallest absolute Gasteiger partial charge is 0.0646 e. The van der Waals surface area contributed by atoms with E-state index in [1.807, 2.05) is 6.20 Å². The van der Waals surface area contributed by atoms with Crippen LogP contribution in [0.1, 0.15) is 18.9 Å². The van der Waals surface area contributed by atoms with Crippen molar-refractivity contribution in [3.05, 3.63) is 33.7 Å². The zero-order valence-corrected chi connectivity index (χ0v) is 13.9. The molecule has 1 unspecified atom stereocenters. The number of hydrogen-bond donors (Lipinski definition) is 1. The lowest BCUT2D eigenvalue weighted by molar-refractivity contribution is 0.202. The molecule has 1 fully saturated rings. The van der Waals surface area contributed by atoms with Gasteiger partial charge >= 0.3 is 0 Å². The normalized spacial score (nSPS) is 19.8. The molecule has 0 saturated carbocycles. The minimum Gasteiger partial charge on any atom is -0.304 e. The number of H-pyrrole nitrogens is 1. The second-order valence-corrected chi connectivity index (χ2v) is 6.44. The molecule has 0 spiro atoms. The lowest BCUT2D eigenvalue weighted by Gasteiger charge is -2.29. The van der Waals surface area contributed by atoms with E-state index >= 15 is 0 Å². The minimum atomic E-state index is 0.560. The number of piperidine rings is 1. The SMILES string of the molecule is Brc1cn[nH]c1.CN1CCCC(n2cc(Br)cn2)C1. The van der Waals surface area contributed by atoms with E-state index in [2.05, 4.69) is 70.0 Å². The average Bonchev–Trinajstić information content (AvgIpc) is 3.01. The van der Waals surface area contributed by atoms with Crippen LogP contribution >= 0.6 is 31.9 Å². The molecule has 0 aliphatic carbocycles. The number of rotatable bonds is 1. The van der Waals surface area contributed by atoms with Gasteiger partial charge in [0.1, 0.15) is 0 Å². The van der Waals surface area contributed by atoms with Gasteiger partial charge in [-0.3, -0.25) is 9.78 Å². The fraction of sp³-hybridized carbons (Fsp3) is 0.500. The molecule has 1 saturated heterocycles. The van der Waals surface area contributed by atoms with Gasteiger partial charge in [0.15, 0.2) is 0 Å². The number of hydrogen-bond acceptors (Lipinski definition) is 3. The van der Waals surface area contributed by atoms with Gasteiger partial charge in [0.2, 0.25) is 0 Å². The second-order valence-electron chi connectivity index (χ2n) is 4.61. The number of nitrogens with one attached hydrogen (secondary N) is 1. The largest absolute Gasteiger partial charge is 0.304 e. The van der Waals surface area contributed by atoms with Gasteiger partial charge in [-0.2, -0.15) is 10.2 Å². The van der Waals surface area contributed by atoms with Crippen molar-refractivity contribution in [1.29, 1.82) is 0 Å². The molecular weight excluding hydrogens is 374 g/mol. The van der Waals surface area contributed by atoms with Crippen LogP contribution in [0.25, 0.3) is 0 Å². The lowest BCUT2D eigenvalue weighted by Crippen LogP contribution is -2.33. The van der Waals surface area contributed by atoms with Crippen LogP contribution in [0.3, 0.4) is 0 Å². The van der Waals surface area contributed by atoms with Crippen LogP contribution < -0.4 is 0 Å². The lowest BCUT2D eigenvalue weighted by atomic mass is 10.1. The predicted octanol–water partition coefficient (Wildman–Crippen LogP) is 3.08. The van der Waals surface area contributed by atoms with E-state index in [1.54, 1.807) is 12.4 Å². The minimum absolute atomic E-state index is 0.560. The Kier molecular flexibility index (Phi) is 5.59. The van der Waals surface area contributed by atoms with E-state index in [4.69, 9.17) is 0 Å². The van der Waals surface area contributed by atoms with Crippen molar-refractivity contribution in [2.75, 3.05) is 20.1 Å². The summed E-state index contributed by atoms with van der Waals surface area (Å²) in [6.45, 7) is 2.34. The molecule has 0 bridgehead atoms. The molecular formula is C12H17Br2N5. The third kappa shape index (κ3) is 4.74. The van der Waals surface area contributed by atoms with Crippen LogP contribution in [0.5, 0.6) is 0 Å². The van der Waals surface area contributed by atoms with Gasteiger partial charge < -0.3 is 4.90 Å². The standard InChI is InChI=1S/C9H14BrN3.C3H3BrN2/c1-12-4-2-3-9(7-12)13-6-8(10)5-11-13;4-3-1-5-6-2-3/h5-6,9H,2-4,7H2,1H3;1-2H,(H,5,6). The number of halogens is 2. The zero-order chi connectivity index (χ0) is 13.7. The van der Waals surface area contributed by atoms with Crippen molar-refractivity contribution in [2.45, 2.75) is 18.9 Å². The quantitative estimate of drug-likeness (QED) is 0.813. The zero-order valence-electron chi connectivity index (χ0n) is 10.8. The van der Waals surface area contributed by atoms with E-state index in [0.29, 0.717) is 6.04 Å². The molecule has 2 aromatic heterocycles. The molecule has 19 heavy (non-hydrogen) atoms. The van der Waals surface area contributed by atoms with E-state index in [1.165, 1.54) is 19.4 Å². The first kappa shape index (κ1) is 14.7. The molecule has 1 N–H and O–H groups in total.